The highest BCUT2D eigenvalue weighted by Crippen LogP contribution is 2.28. The van der Waals surface area contributed by atoms with Gasteiger partial charge in [0.2, 0.25) is 0 Å². The molecule has 0 N–H and O–H groups in total. The van der Waals surface area contributed by atoms with E-state index in [2.05, 4.69) is 10.9 Å². The maximum atomic E-state index is 5.12. The zero-order valence-corrected chi connectivity index (χ0v) is 8.20. The van der Waals surface area contributed by atoms with E-state index in [4.69, 9.17) is 6.42 Å². The molecular weight excluding hydrogens is 186 g/mol. The lowest BCUT2D eigenvalue weighted by Crippen LogP contribution is -1.75. The molecule has 3 heteroatoms. The Morgan fingerprint density at radius 1 is 1.50 bits per heavy atom. The molecule has 0 unspecified atom stereocenters. The third-order valence-electron chi connectivity index (χ3n) is 1.11. The predicted molar refractivity (Wildman–Crippen MR) is 56.0 cm³/mol. The molecule has 0 amide bonds. The molecule has 0 bridgehead atoms. The van der Waals surface area contributed by atoms with E-state index in [0.717, 1.165) is 17.2 Å². The summed E-state index contributed by atoms with van der Waals surface area (Å²) in [5.74, 6) is 3.58. The van der Waals surface area contributed by atoms with Crippen molar-refractivity contribution in [3.8, 4) is 12.3 Å². The minimum absolute atomic E-state index is 0.824. The molecule has 0 aromatic carbocycles. The van der Waals surface area contributed by atoms with Crippen LogP contribution in [0.4, 0.5) is 0 Å². The van der Waals surface area contributed by atoms with Gasteiger partial charge in [-0.2, -0.15) is 0 Å². The van der Waals surface area contributed by atoms with Crippen molar-refractivity contribution in [1.29, 1.82) is 0 Å². The first-order chi connectivity index (χ1) is 5.93. The summed E-state index contributed by atoms with van der Waals surface area (Å²) in [6.45, 7) is 0. The normalized spacial score (nSPS) is 9.25. The molecule has 1 aromatic rings. The van der Waals surface area contributed by atoms with E-state index in [9.17, 15) is 0 Å². The van der Waals surface area contributed by atoms with Gasteiger partial charge >= 0.3 is 0 Å². The number of aromatic nitrogens is 1. The Balaban J connectivity index is 2.21. The lowest BCUT2D eigenvalue weighted by molar-refractivity contribution is 1.14. The molecule has 0 fully saturated rings. The smallest absolute Gasteiger partial charge is 0.106 e. The van der Waals surface area contributed by atoms with Crippen LogP contribution in [-0.4, -0.2) is 10.7 Å². The minimum Gasteiger partial charge on any atom is -0.249 e. The fraction of sp³-hybridized carbons (Fsp3) is 0.222. The molecule has 1 aromatic heterocycles. The SMILES string of the molecule is C#CCCSSc1ccccn1. The Morgan fingerprint density at radius 3 is 3.08 bits per heavy atom. The standard InChI is InChI=1S/C9H9NS2/c1-2-3-8-11-12-9-6-4-5-7-10-9/h1,4-7H,3,8H2. The first-order valence-electron chi connectivity index (χ1n) is 3.57. The Hall–Kier alpha value is -0.590. The summed E-state index contributed by atoms with van der Waals surface area (Å²) in [4.78, 5) is 4.17. The van der Waals surface area contributed by atoms with Crippen LogP contribution < -0.4 is 0 Å². The molecule has 0 radical (unpaired) electrons. The van der Waals surface area contributed by atoms with Crippen LogP contribution in [0.25, 0.3) is 0 Å². The van der Waals surface area contributed by atoms with Crippen LogP contribution in [0.15, 0.2) is 29.4 Å². The van der Waals surface area contributed by atoms with Gasteiger partial charge < -0.3 is 0 Å². The molecule has 1 heterocycles. The van der Waals surface area contributed by atoms with Gasteiger partial charge in [-0.1, -0.05) is 16.9 Å². The third kappa shape index (κ3) is 3.70. The summed E-state index contributed by atoms with van der Waals surface area (Å²) in [5, 5.41) is 1.04. The lowest BCUT2D eigenvalue weighted by atomic mass is 10.5. The molecule has 62 valence electrons. The highest BCUT2D eigenvalue weighted by molar-refractivity contribution is 8.76. The Labute approximate surface area is 80.8 Å². The third-order valence-corrected chi connectivity index (χ3v) is 3.38. The van der Waals surface area contributed by atoms with E-state index in [1.165, 1.54) is 0 Å². The van der Waals surface area contributed by atoms with Crippen LogP contribution >= 0.6 is 21.6 Å². The highest BCUT2D eigenvalue weighted by atomic mass is 33.1. The maximum Gasteiger partial charge on any atom is 0.106 e. The van der Waals surface area contributed by atoms with Crippen molar-refractivity contribution in [3.63, 3.8) is 0 Å². The monoisotopic (exact) mass is 195 g/mol. The first kappa shape index (κ1) is 9.50. The molecule has 0 saturated carbocycles. The van der Waals surface area contributed by atoms with E-state index in [1.807, 2.05) is 18.2 Å². The highest BCUT2D eigenvalue weighted by Gasteiger charge is 1.92. The van der Waals surface area contributed by atoms with Gasteiger partial charge in [-0.15, -0.1) is 12.3 Å². The van der Waals surface area contributed by atoms with Gasteiger partial charge in [-0.25, -0.2) is 4.98 Å². The van der Waals surface area contributed by atoms with Crippen LogP contribution in [0.2, 0.25) is 0 Å². The van der Waals surface area contributed by atoms with E-state index >= 15 is 0 Å². The lowest BCUT2D eigenvalue weighted by Gasteiger charge is -1.96. The molecule has 0 aliphatic carbocycles. The summed E-state index contributed by atoms with van der Waals surface area (Å²) in [5.41, 5.74) is 0. The zero-order valence-electron chi connectivity index (χ0n) is 6.56. The number of hydrogen-bond donors (Lipinski definition) is 0. The van der Waals surface area contributed by atoms with Crippen LogP contribution in [0.5, 0.6) is 0 Å². The van der Waals surface area contributed by atoms with Crippen molar-refractivity contribution in [1.82, 2.24) is 4.98 Å². The topological polar surface area (TPSA) is 12.9 Å². The molecule has 0 spiro atoms. The fourth-order valence-electron chi connectivity index (χ4n) is 0.599. The number of hydrogen-bond acceptors (Lipinski definition) is 3. The number of nitrogens with zero attached hydrogens (tertiary/aromatic N) is 1. The van der Waals surface area contributed by atoms with Gasteiger partial charge in [-0.05, 0) is 22.9 Å². The van der Waals surface area contributed by atoms with Gasteiger partial charge in [0.05, 0.1) is 0 Å². The van der Waals surface area contributed by atoms with E-state index in [-0.39, 0.29) is 0 Å². The summed E-state index contributed by atoms with van der Waals surface area (Å²) >= 11 is 0. The van der Waals surface area contributed by atoms with Crippen molar-refractivity contribution in [2.45, 2.75) is 11.4 Å². The largest absolute Gasteiger partial charge is 0.249 e. The molecule has 0 saturated heterocycles. The van der Waals surface area contributed by atoms with Gasteiger partial charge in [0.25, 0.3) is 0 Å². The second-order valence-corrected chi connectivity index (χ2v) is 4.46. The molecule has 12 heavy (non-hydrogen) atoms. The van der Waals surface area contributed by atoms with E-state index in [1.54, 1.807) is 27.8 Å². The van der Waals surface area contributed by atoms with Gasteiger partial charge in [0.15, 0.2) is 0 Å². The zero-order chi connectivity index (χ0) is 8.65. The Kier molecular flexibility index (Phi) is 4.74. The maximum absolute atomic E-state index is 5.12. The minimum atomic E-state index is 0.824. The van der Waals surface area contributed by atoms with Crippen molar-refractivity contribution < 1.29 is 0 Å². The van der Waals surface area contributed by atoms with E-state index in [0.29, 0.717) is 0 Å². The summed E-state index contributed by atoms with van der Waals surface area (Å²) in [6, 6.07) is 5.89. The van der Waals surface area contributed by atoms with Crippen molar-refractivity contribution in [3.05, 3.63) is 24.4 Å². The van der Waals surface area contributed by atoms with Crippen LogP contribution in [0.1, 0.15) is 6.42 Å². The van der Waals surface area contributed by atoms with Gasteiger partial charge in [-0.3, -0.25) is 0 Å². The van der Waals surface area contributed by atoms with Crippen molar-refractivity contribution in [2.75, 3.05) is 5.75 Å². The van der Waals surface area contributed by atoms with Crippen molar-refractivity contribution in [2.24, 2.45) is 0 Å². The van der Waals surface area contributed by atoms with E-state index < -0.39 is 0 Å². The molecule has 1 nitrogen and oxygen atoms in total. The summed E-state index contributed by atoms with van der Waals surface area (Å²) in [7, 11) is 3.41. The second kappa shape index (κ2) is 5.99. The summed E-state index contributed by atoms with van der Waals surface area (Å²) < 4.78 is 0. The average molecular weight is 195 g/mol. The Bertz CT molecular complexity index is 253. The Morgan fingerprint density at radius 2 is 2.42 bits per heavy atom. The number of rotatable bonds is 4. The molecule has 0 aliphatic rings. The van der Waals surface area contributed by atoms with Gasteiger partial charge in [0, 0.05) is 18.4 Å². The average Bonchev–Trinajstić information content (AvgIpc) is 2.14. The van der Waals surface area contributed by atoms with Crippen LogP contribution in [0.3, 0.4) is 0 Å². The number of terminal acetylenes is 1. The van der Waals surface area contributed by atoms with Crippen LogP contribution in [0, 0.1) is 12.3 Å². The first-order valence-corrected chi connectivity index (χ1v) is 5.89. The fourth-order valence-corrected chi connectivity index (χ4v) is 2.40. The predicted octanol–water partition coefficient (Wildman–Crippen LogP) is 2.85. The van der Waals surface area contributed by atoms with Gasteiger partial charge in [0.1, 0.15) is 5.03 Å². The number of pyridine rings is 1. The molecule has 1 rings (SSSR count). The second-order valence-electron chi connectivity index (χ2n) is 2.03. The molecule has 0 aliphatic heterocycles. The molecule has 0 atom stereocenters. The van der Waals surface area contributed by atoms with Crippen LogP contribution in [-0.2, 0) is 0 Å². The quantitative estimate of drug-likeness (QED) is 0.416. The van der Waals surface area contributed by atoms with Crippen molar-refractivity contribution >= 4 is 21.6 Å². The summed E-state index contributed by atoms with van der Waals surface area (Å²) in [6.07, 6.45) is 7.74. The molecular formula is C9H9NS2.